The lowest BCUT2D eigenvalue weighted by molar-refractivity contribution is -0.133. The molecule has 35 heavy (non-hydrogen) atoms. The molecule has 1 aliphatic rings. The Morgan fingerprint density at radius 2 is 1.89 bits per heavy atom. The molecule has 8 nitrogen and oxygen atoms in total. The van der Waals surface area contributed by atoms with Crippen molar-refractivity contribution in [2.75, 3.05) is 19.7 Å². The number of hydrogen-bond donors (Lipinski definition) is 2. The average Bonchev–Trinajstić information content (AvgIpc) is 3.47. The van der Waals surface area contributed by atoms with Crippen molar-refractivity contribution >= 4 is 28.3 Å². The summed E-state index contributed by atoms with van der Waals surface area (Å²) in [5, 5.41) is 14.4. The zero-order valence-electron chi connectivity index (χ0n) is 19.5. The smallest absolute Gasteiger partial charge is 0.269 e. The number of nitrogens with two attached hydrogens (primary N) is 1. The number of aromatic nitrogens is 3. The lowest BCUT2D eigenvalue weighted by Gasteiger charge is -2.26. The van der Waals surface area contributed by atoms with Crippen LogP contribution in [-0.4, -0.2) is 55.9 Å². The molecule has 0 spiro atoms. The van der Waals surface area contributed by atoms with E-state index in [0.717, 1.165) is 40.8 Å². The number of rotatable bonds is 6. The van der Waals surface area contributed by atoms with E-state index in [1.54, 1.807) is 15.6 Å². The van der Waals surface area contributed by atoms with Crippen molar-refractivity contribution in [2.24, 2.45) is 5.73 Å². The summed E-state index contributed by atoms with van der Waals surface area (Å²) in [6, 6.07) is 18.4. The number of benzene rings is 2. The summed E-state index contributed by atoms with van der Waals surface area (Å²) in [6.45, 7) is 3.37. The van der Waals surface area contributed by atoms with Gasteiger partial charge in [-0.3, -0.25) is 9.59 Å². The Bertz CT molecular complexity index is 1450. The van der Waals surface area contributed by atoms with Crippen LogP contribution < -0.4 is 5.73 Å². The normalized spacial score (nSPS) is 13.8. The van der Waals surface area contributed by atoms with Gasteiger partial charge in [-0.2, -0.15) is 5.10 Å². The molecule has 0 saturated carbocycles. The van der Waals surface area contributed by atoms with Crippen molar-refractivity contribution in [1.82, 2.24) is 19.2 Å². The van der Waals surface area contributed by atoms with Gasteiger partial charge in [0.05, 0.1) is 5.69 Å². The maximum absolute atomic E-state index is 11.7. The Hall–Kier alpha value is -4.17. The van der Waals surface area contributed by atoms with Gasteiger partial charge in [-0.05, 0) is 60.4 Å². The number of aliphatic hydroxyl groups excluding tert-OH is 1. The molecule has 2 amide bonds. The highest BCUT2D eigenvalue weighted by Crippen LogP contribution is 2.25. The number of carbonyl (C=O) groups is 2. The summed E-state index contributed by atoms with van der Waals surface area (Å²) in [5.41, 5.74) is 12.0. The second-order valence-electron chi connectivity index (χ2n) is 8.81. The van der Waals surface area contributed by atoms with E-state index in [9.17, 15) is 9.59 Å². The molecule has 1 aliphatic heterocycles. The summed E-state index contributed by atoms with van der Waals surface area (Å²) in [5.74, 6) is -0.763. The molecule has 0 fully saturated rings. The first-order chi connectivity index (χ1) is 16.9. The molecule has 0 saturated heterocycles. The van der Waals surface area contributed by atoms with Crippen LogP contribution in [0.25, 0.3) is 22.2 Å². The Morgan fingerprint density at radius 1 is 1.09 bits per heavy atom. The molecule has 2 aromatic carbocycles. The number of carbonyl (C=O) groups excluding carboxylic acids is 2. The maximum Gasteiger partial charge on any atom is 0.269 e. The SMILES string of the molecule is Cc1cc(C(N)=O)nn1-c1ccc2c(ccn2Cc2ccc(C3=CCN(C(=O)CO)CC3)cc2)c1. The van der Waals surface area contributed by atoms with Crippen LogP contribution in [0.5, 0.6) is 0 Å². The third-order valence-corrected chi connectivity index (χ3v) is 6.51. The van der Waals surface area contributed by atoms with E-state index in [2.05, 4.69) is 64.4 Å². The number of amides is 2. The monoisotopic (exact) mass is 469 g/mol. The van der Waals surface area contributed by atoms with E-state index in [1.807, 2.05) is 13.0 Å². The topological polar surface area (TPSA) is 106 Å². The maximum atomic E-state index is 11.7. The molecule has 0 aliphatic carbocycles. The largest absolute Gasteiger partial charge is 0.387 e. The fraction of sp³-hybridized carbons (Fsp3) is 0.222. The predicted molar refractivity (Wildman–Crippen MR) is 134 cm³/mol. The zero-order chi connectivity index (χ0) is 24.5. The van der Waals surface area contributed by atoms with Crippen molar-refractivity contribution in [3.63, 3.8) is 0 Å². The van der Waals surface area contributed by atoms with E-state index >= 15 is 0 Å². The first-order valence-electron chi connectivity index (χ1n) is 11.6. The van der Waals surface area contributed by atoms with E-state index in [-0.39, 0.29) is 11.6 Å². The van der Waals surface area contributed by atoms with Crippen LogP contribution in [0.3, 0.4) is 0 Å². The van der Waals surface area contributed by atoms with E-state index in [1.165, 1.54) is 11.1 Å². The molecule has 0 unspecified atom stereocenters. The molecule has 5 rings (SSSR count). The van der Waals surface area contributed by atoms with Gasteiger partial charge in [0.1, 0.15) is 6.61 Å². The minimum atomic E-state index is -0.538. The number of aryl methyl sites for hydroxylation is 1. The molecular formula is C27H27N5O3. The van der Waals surface area contributed by atoms with Crippen LogP contribution in [0.1, 0.15) is 33.7 Å². The molecule has 178 valence electrons. The van der Waals surface area contributed by atoms with Gasteiger partial charge in [-0.1, -0.05) is 30.3 Å². The van der Waals surface area contributed by atoms with Crippen molar-refractivity contribution in [1.29, 1.82) is 0 Å². The number of hydrogen-bond acceptors (Lipinski definition) is 4. The first kappa shape index (κ1) is 22.6. The molecule has 3 heterocycles. The number of fused-ring (bicyclic) bond motifs is 1. The van der Waals surface area contributed by atoms with Crippen LogP contribution in [0.2, 0.25) is 0 Å². The van der Waals surface area contributed by atoms with Crippen LogP contribution in [0, 0.1) is 6.92 Å². The Morgan fingerprint density at radius 3 is 2.54 bits per heavy atom. The standard InChI is InChI=1S/C27H27N5O3/c1-18-14-24(27(28)35)29-32(18)23-6-7-25-22(15-23)10-13-31(25)16-19-2-4-20(5-3-19)21-8-11-30(12-9-21)26(34)17-33/h2-8,10,13-15,33H,9,11-12,16-17H2,1H3,(H2,28,35). The lowest BCUT2D eigenvalue weighted by atomic mass is 9.98. The van der Waals surface area contributed by atoms with Crippen molar-refractivity contribution < 1.29 is 14.7 Å². The molecule has 0 bridgehead atoms. The third-order valence-electron chi connectivity index (χ3n) is 6.51. The Kier molecular flexibility index (Phi) is 5.96. The highest BCUT2D eigenvalue weighted by Gasteiger charge is 2.17. The third kappa shape index (κ3) is 4.48. The number of nitrogens with zero attached hydrogens (tertiary/aromatic N) is 4. The van der Waals surface area contributed by atoms with Gasteiger partial charge in [-0.15, -0.1) is 0 Å². The summed E-state index contributed by atoms with van der Waals surface area (Å²) < 4.78 is 3.94. The Balaban J connectivity index is 1.32. The second kappa shape index (κ2) is 9.23. The van der Waals surface area contributed by atoms with Gasteiger partial charge < -0.3 is 20.3 Å². The van der Waals surface area contributed by atoms with Gasteiger partial charge >= 0.3 is 0 Å². The zero-order valence-corrected chi connectivity index (χ0v) is 19.5. The molecule has 2 aromatic heterocycles. The van der Waals surface area contributed by atoms with E-state index in [0.29, 0.717) is 13.1 Å². The molecular weight excluding hydrogens is 442 g/mol. The second-order valence-corrected chi connectivity index (χ2v) is 8.81. The number of primary amides is 1. The van der Waals surface area contributed by atoms with Crippen molar-refractivity contribution in [2.45, 2.75) is 19.9 Å². The average molecular weight is 470 g/mol. The fourth-order valence-corrected chi connectivity index (χ4v) is 4.59. The molecule has 4 aromatic rings. The summed E-state index contributed by atoms with van der Waals surface area (Å²) in [4.78, 5) is 24.8. The van der Waals surface area contributed by atoms with Gasteiger partial charge in [0.2, 0.25) is 5.91 Å². The Labute approximate surface area is 202 Å². The molecule has 0 atom stereocenters. The highest BCUT2D eigenvalue weighted by atomic mass is 16.3. The van der Waals surface area contributed by atoms with Crippen molar-refractivity contribution in [3.8, 4) is 5.69 Å². The van der Waals surface area contributed by atoms with Gasteiger partial charge in [0.15, 0.2) is 5.69 Å². The minimum Gasteiger partial charge on any atom is -0.387 e. The highest BCUT2D eigenvalue weighted by molar-refractivity contribution is 5.91. The van der Waals surface area contributed by atoms with Gasteiger partial charge in [0.25, 0.3) is 5.91 Å². The summed E-state index contributed by atoms with van der Waals surface area (Å²) in [6.07, 6.45) is 4.92. The van der Waals surface area contributed by atoms with Crippen LogP contribution in [-0.2, 0) is 11.3 Å². The van der Waals surface area contributed by atoms with E-state index in [4.69, 9.17) is 10.8 Å². The molecule has 0 radical (unpaired) electrons. The van der Waals surface area contributed by atoms with Crippen LogP contribution >= 0.6 is 0 Å². The van der Waals surface area contributed by atoms with Gasteiger partial charge in [-0.25, -0.2) is 4.68 Å². The van der Waals surface area contributed by atoms with Crippen molar-refractivity contribution in [3.05, 3.63) is 89.4 Å². The van der Waals surface area contributed by atoms with E-state index < -0.39 is 12.5 Å². The molecule has 8 heteroatoms. The first-order valence-corrected chi connectivity index (χ1v) is 11.6. The van der Waals surface area contributed by atoms with Crippen LogP contribution in [0.4, 0.5) is 0 Å². The predicted octanol–water partition coefficient (Wildman–Crippen LogP) is 2.89. The minimum absolute atomic E-state index is 0.225. The fourth-order valence-electron chi connectivity index (χ4n) is 4.59. The van der Waals surface area contributed by atoms with Gasteiger partial charge in [0, 0.05) is 42.4 Å². The lowest BCUT2D eigenvalue weighted by Crippen LogP contribution is -2.36. The number of aliphatic hydroxyl groups is 1. The molecule has 3 N–H and O–H groups in total. The summed E-state index contributed by atoms with van der Waals surface area (Å²) in [7, 11) is 0. The quantitative estimate of drug-likeness (QED) is 0.453. The van der Waals surface area contributed by atoms with Crippen LogP contribution in [0.15, 0.2) is 66.9 Å². The summed E-state index contributed by atoms with van der Waals surface area (Å²) >= 11 is 0.